The molecular formula is C10H16N6O4. The van der Waals surface area contributed by atoms with Gasteiger partial charge in [0.1, 0.15) is 11.6 Å². The fraction of sp³-hybridized carbons (Fsp3) is 0.500. The summed E-state index contributed by atoms with van der Waals surface area (Å²) >= 11 is 0. The van der Waals surface area contributed by atoms with Crippen LogP contribution in [0.25, 0.3) is 11.2 Å². The first-order valence-corrected chi connectivity index (χ1v) is 5.75. The van der Waals surface area contributed by atoms with Crippen LogP contribution in [-0.4, -0.2) is 60.9 Å². The Labute approximate surface area is 113 Å². The van der Waals surface area contributed by atoms with Crippen LogP contribution in [0.15, 0.2) is 6.33 Å². The van der Waals surface area contributed by atoms with E-state index in [0.717, 1.165) is 0 Å². The molecule has 110 valence electrons. The van der Waals surface area contributed by atoms with E-state index < -0.39 is 25.0 Å². The molecule has 2 aromatic heterocycles. The van der Waals surface area contributed by atoms with Crippen molar-refractivity contribution < 1.29 is 20.1 Å². The number of rotatable bonds is 5. The molecule has 0 aromatic carbocycles. The number of imidazole rings is 1. The van der Waals surface area contributed by atoms with E-state index >= 15 is 0 Å². The molecule has 7 N–H and O–H groups in total. The van der Waals surface area contributed by atoms with E-state index in [-0.39, 0.29) is 22.9 Å². The van der Waals surface area contributed by atoms with Crippen LogP contribution in [0.5, 0.6) is 0 Å². The standard InChI is InChI=1S/C10H16N6O4/c1-20-9(19)6(18)4(2-17)16-3-13-5-7(11)14-10(12)15-8(5)16/h3-4,6,9,17-19H,2H2,1H3,(H4,11,12,14,15). The van der Waals surface area contributed by atoms with E-state index in [1.54, 1.807) is 0 Å². The van der Waals surface area contributed by atoms with Crippen LogP contribution >= 0.6 is 0 Å². The van der Waals surface area contributed by atoms with Crippen molar-refractivity contribution in [2.45, 2.75) is 18.4 Å². The molecule has 0 radical (unpaired) electrons. The maximum absolute atomic E-state index is 9.96. The number of aromatic nitrogens is 4. The van der Waals surface area contributed by atoms with Crippen molar-refractivity contribution in [2.75, 3.05) is 25.2 Å². The summed E-state index contributed by atoms with van der Waals surface area (Å²) in [6, 6.07) is -0.927. The lowest BCUT2D eigenvalue weighted by Crippen LogP contribution is -2.38. The SMILES string of the molecule is COC(O)C(O)C(CO)n1cnc2c(N)nc(N)nc21. The highest BCUT2D eigenvalue weighted by Crippen LogP contribution is 2.23. The molecule has 0 aliphatic heterocycles. The van der Waals surface area contributed by atoms with Gasteiger partial charge in [-0.1, -0.05) is 0 Å². The summed E-state index contributed by atoms with van der Waals surface area (Å²) in [6.45, 7) is -0.475. The highest BCUT2D eigenvalue weighted by molar-refractivity contribution is 5.82. The molecular weight excluding hydrogens is 268 g/mol. The minimum Gasteiger partial charge on any atom is -0.394 e. The average molecular weight is 284 g/mol. The normalized spacial score (nSPS) is 16.2. The number of aliphatic hydroxyl groups is 3. The van der Waals surface area contributed by atoms with E-state index in [9.17, 15) is 15.3 Å². The maximum atomic E-state index is 9.96. The maximum Gasteiger partial charge on any atom is 0.224 e. The van der Waals surface area contributed by atoms with Crippen molar-refractivity contribution in [3.05, 3.63) is 6.33 Å². The third-order valence-corrected chi connectivity index (χ3v) is 2.94. The summed E-state index contributed by atoms with van der Waals surface area (Å²) in [4.78, 5) is 11.7. The second kappa shape index (κ2) is 5.54. The number of hydrogen-bond acceptors (Lipinski definition) is 9. The molecule has 0 aliphatic carbocycles. The van der Waals surface area contributed by atoms with Crippen molar-refractivity contribution in [2.24, 2.45) is 0 Å². The Morgan fingerprint density at radius 3 is 2.65 bits per heavy atom. The van der Waals surface area contributed by atoms with E-state index in [4.69, 9.17) is 11.5 Å². The Kier molecular flexibility index (Phi) is 3.99. The Morgan fingerprint density at radius 1 is 1.35 bits per heavy atom. The first-order valence-electron chi connectivity index (χ1n) is 5.75. The molecule has 20 heavy (non-hydrogen) atoms. The molecule has 2 heterocycles. The quantitative estimate of drug-likeness (QED) is 0.385. The van der Waals surface area contributed by atoms with Gasteiger partial charge in [-0.15, -0.1) is 0 Å². The van der Waals surface area contributed by atoms with Crippen molar-refractivity contribution in [1.82, 2.24) is 19.5 Å². The smallest absolute Gasteiger partial charge is 0.224 e. The molecule has 0 bridgehead atoms. The lowest BCUT2D eigenvalue weighted by Gasteiger charge is -2.25. The third-order valence-electron chi connectivity index (χ3n) is 2.94. The number of nitrogens with zero attached hydrogens (tertiary/aromatic N) is 4. The van der Waals surface area contributed by atoms with Gasteiger partial charge in [0.2, 0.25) is 5.95 Å². The number of hydrogen-bond donors (Lipinski definition) is 5. The van der Waals surface area contributed by atoms with Crippen molar-refractivity contribution in [3.8, 4) is 0 Å². The minimum atomic E-state index is -1.47. The van der Waals surface area contributed by atoms with Gasteiger partial charge in [0.25, 0.3) is 0 Å². The van der Waals surface area contributed by atoms with Crippen LogP contribution in [0.1, 0.15) is 6.04 Å². The summed E-state index contributed by atoms with van der Waals surface area (Å²) in [5.41, 5.74) is 11.7. The zero-order chi connectivity index (χ0) is 14.9. The largest absolute Gasteiger partial charge is 0.394 e. The molecule has 2 aromatic rings. The lowest BCUT2D eigenvalue weighted by molar-refractivity contribution is -0.161. The number of aliphatic hydroxyl groups excluding tert-OH is 3. The molecule has 10 heteroatoms. The van der Waals surface area contributed by atoms with Gasteiger partial charge in [0, 0.05) is 7.11 Å². The Hall–Kier alpha value is -2.01. The predicted molar refractivity (Wildman–Crippen MR) is 69.3 cm³/mol. The summed E-state index contributed by atoms with van der Waals surface area (Å²) in [6.07, 6.45) is -1.54. The Morgan fingerprint density at radius 2 is 2.05 bits per heavy atom. The third kappa shape index (κ3) is 2.36. The van der Waals surface area contributed by atoms with Gasteiger partial charge < -0.3 is 36.1 Å². The molecule has 0 saturated carbocycles. The molecule has 0 amide bonds. The zero-order valence-electron chi connectivity index (χ0n) is 10.7. The average Bonchev–Trinajstić information content (AvgIpc) is 2.82. The molecule has 0 aliphatic rings. The Balaban J connectivity index is 2.50. The van der Waals surface area contributed by atoms with E-state index in [1.807, 2.05) is 0 Å². The van der Waals surface area contributed by atoms with Crippen LogP contribution in [0.4, 0.5) is 11.8 Å². The zero-order valence-corrected chi connectivity index (χ0v) is 10.7. The van der Waals surface area contributed by atoms with Gasteiger partial charge in [0.15, 0.2) is 17.8 Å². The van der Waals surface area contributed by atoms with E-state index in [0.29, 0.717) is 0 Å². The van der Waals surface area contributed by atoms with E-state index in [1.165, 1.54) is 18.0 Å². The number of nitrogen functional groups attached to an aromatic ring is 2. The van der Waals surface area contributed by atoms with Gasteiger partial charge >= 0.3 is 0 Å². The van der Waals surface area contributed by atoms with Crippen LogP contribution < -0.4 is 11.5 Å². The first kappa shape index (κ1) is 14.4. The number of fused-ring (bicyclic) bond motifs is 1. The fourth-order valence-electron chi connectivity index (χ4n) is 1.89. The lowest BCUT2D eigenvalue weighted by atomic mass is 10.1. The topological polar surface area (TPSA) is 166 Å². The molecule has 10 nitrogen and oxygen atoms in total. The second-order valence-electron chi connectivity index (χ2n) is 4.16. The second-order valence-corrected chi connectivity index (χ2v) is 4.16. The van der Waals surface area contributed by atoms with Gasteiger partial charge in [-0.3, -0.25) is 0 Å². The summed E-state index contributed by atoms with van der Waals surface area (Å²) in [5.74, 6) is 0.0277. The van der Waals surface area contributed by atoms with Crippen LogP contribution in [0.3, 0.4) is 0 Å². The van der Waals surface area contributed by atoms with Gasteiger partial charge in [-0.05, 0) is 0 Å². The van der Waals surface area contributed by atoms with Crippen molar-refractivity contribution in [3.63, 3.8) is 0 Å². The van der Waals surface area contributed by atoms with E-state index in [2.05, 4.69) is 19.7 Å². The molecule has 2 rings (SSSR count). The number of ether oxygens (including phenoxy) is 1. The first-order chi connectivity index (χ1) is 9.49. The molecule has 0 saturated heterocycles. The van der Waals surface area contributed by atoms with Crippen LogP contribution in [0.2, 0.25) is 0 Å². The molecule has 0 spiro atoms. The van der Waals surface area contributed by atoms with Gasteiger partial charge in [0.05, 0.1) is 19.0 Å². The highest BCUT2D eigenvalue weighted by Gasteiger charge is 2.29. The summed E-state index contributed by atoms with van der Waals surface area (Å²) < 4.78 is 5.99. The van der Waals surface area contributed by atoms with Crippen molar-refractivity contribution in [1.29, 1.82) is 0 Å². The van der Waals surface area contributed by atoms with Crippen LogP contribution in [-0.2, 0) is 4.74 Å². The molecule has 3 unspecified atom stereocenters. The predicted octanol–water partition coefficient (Wildman–Crippen LogP) is -2.15. The Bertz CT molecular complexity index is 603. The van der Waals surface area contributed by atoms with Crippen molar-refractivity contribution >= 4 is 22.9 Å². The monoisotopic (exact) mass is 284 g/mol. The number of methoxy groups -OCH3 is 1. The number of nitrogens with two attached hydrogens (primary N) is 2. The molecule has 0 fully saturated rings. The highest BCUT2D eigenvalue weighted by atomic mass is 16.6. The van der Waals surface area contributed by atoms with Crippen LogP contribution in [0, 0.1) is 0 Å². The minimum absolute atomic E-state index is 0.0600. The number of anilines is 2. The van der Waals surface area contributed by atoms with Gasteiger partial charge in [-0.25, -0.2) is 4.98 Å². The summed E-state index contributed by atoms with van der Waals surface area (Å²) in [7, 11) is 1.23. The van der Waals surface area contributed by atoms with Gasteiger partial charge in [-0.2, -0.15) is 9.97 Å². The summed E-state index contributed by atoms with van der Waals surface area (Å²) in [5, 5.41) is 28.9. The molecule has 3 atom stereocenters. The fourth-order valence-corrected chi connectivity index (χ4v) is 1.89.